The minimum Gasteiger partial charge on any atom is -0.479 e. The molecule has 0 aliphatic rings. The predicted molar refractivity (Wildman–Crippen MR) is 68.7 cm³/mol. The number of carboxylic acid groups (broad SMARTS) is 1. The number of carboxylic acids is 1. The second kappa shape index (κ2) is 7.26. The van der Waals surface area contributed by atoms with Crippen LogP contribution in [0.1, 0.15) is 36.1 Å². The Labute approximate surface area is 116 Å². The van der Waals surface area contributed by atoms with E-state index in [4.69, 9.17) is 15.1 Å². The van der Waals surface area contributed by atoms with Gasteiger partial charge in [0.05, 0.1) is 18.2 Å². The summed E-state index contributed by atoms with van der Waals surface area (Å²) in [5, 5.41) is 27.3. The van der Waals surface area contributed by atoms with Gasteiger partial charge in [-0.05, 0) is 36.6 Å². The normalized spacial score (nSPS) is 11.4. The summed E-state index contributed by atoms with van der Waals surface area (Å²) in [6, 6.07) is 6.25. The summed E-state index contributed by atoms with van der Waals surface area (Å²) >= 11 is 0. The molecule has 106 valence electrons. The van der Waals surface area contributed by atoms with Crippen LogP contribution in [0.4, 0.5) is 0 Å². The number of aliphatic carboxylic acids is 1. The Balaban J connectivity index is 2.97. The molecule has 1 unspecified atom stereocenters. The van der Waals surface area contributed by atoms with E-state index in [1.165, 1.54) is 12.1 Å². The van der Waals surface area contributed by atoms with Gasteiger partial charge in [0.1, 0.15) is 0 Å². The third-order valence-electron chi connectivity index (χ3n) is 2.71. The maximum absolute atomic E-state index is 11.3. The summed E-state index contributed by atoms with van der Waals surface area (Å²) in [5.74, 6) is -1.80. The van der Waals surface area contributed by atoms with Gasteiger partial charge in [0.15, 0.2) is 6.10 Å². The number of aliphatic hydroxyl groups is 1. The number of aliphatic hydroxyl groups excluding tert-OH is 1. The van der Waals surface area contributed by atoms with E-state index in [0.717, 1.165) is 0 Å². The van der Waals surface area contributed by atoms with Gasteiger partial charge in [0, 0.05) is 6.42 Å². The van der Waals surface area contributed by atoms with Crippen LogP contribution in [-0.4, -0.2) is 28.8 Å². The highest BCUT2D eigenvalue weighted by Gasteiger charge is 2.20. The Morgan fingerprint density at radius 3 is 2.70 bits per heavy atom. The van der Waals surface area contributed by atoms with E-state index in [9.17, 15) is 14.7 Å². The van der Waals surface area contributed by atoms with Gasteiger partial charge in [0.25, 0.3) is 0 Å². The van der Waals surface area contributed by atoms with Gasteiger partial charge in [-0.3, -0.25) is 4.79 Å². The zero-order valence-electron chi connectivity index (χ0n) is 11.0. The monoisotopic (exact) mass is 277 g/mol. The summed E-state index contributed by atoms with van der Waals surface area (Å²) in [5.41, 5.74) is 0.882. The first-order valence-electron chi connectivity index (χ1n) is 6.09. The molecule has 20 heavy (non-hydrogen) atoms. The minimum atomic E-state index is -1.72. The van der Waals surface area contributed by atoms with Crippen molar-refractivity contribution < 1.29 is 24.5 Å². The number of carbonyl (C=O) groups is 2. The zero-order valence-corrected chi connectivity index (χ0v) is 11.0. The van der Waals surface area contributed by atoms with E-state index in [1.54, 1.807) is 13.0 Å². The molecule has 1 aromatic carbocycles. The molecule has 0 bridgehead atoms. The Hall–Kier alpha value is -2.39. The van der Waals surface area contributed by atoms with Crippen molar-refractivity contribution in [1.29, 1.82) is 5.26 Å². The molecule has 0 saturated carbocycles. The quantitative estimate of drug-likeness (QED) is 0.756. The lowest BCUT2D eigenvalue weighted by molar-refractivity contribution is -0.147. The van der Waals surface area contributed by atoms with E-state index < -0.39 is 18.0 Å². The Morgan fingerprint density at radius 1 is 1.45 bits per heavy atom. The molecule has 2 N–H and O–H groups in total. The number of carbonyl (C=O) groups excluding carboxylic acids is 1. The van der Waals surface area contributed by atoms with Gasteiger partial charge in [-0.2, -0.15) is 5.26 Å². The van der Waals surface area contributed by atoms with Crippen LogP contribution in [0.5, 0.6) is 0 Å². The number of esters is 1. The van der Waals surface area contributed by atoms with Crippen molar-refractivity contribution in [3.8, 4) is 6.07 Å². The second-order valence-electron chi connectivity index (χ2n) is 4.07. The lowest BCUT2D eigenvalue weighted by Gasteiger charge is -2.12. The standard InChI is InChI=1S/C14H15NO5/c1-2-20-12(16)6-5-10-4-3-9(8-15)7-11(10)13(17)14(18)19/h3-4,7,13,17H,2,5-6H2,1H3,(H,18,19). The maximum Gasteiger partial charge on any atom is 0.337 e. The average molecular weight is 277 g/mol. The smallest absolute Gasteiger partial charge is 0.337 e. The van der Waals surface area contributed by atoms with Crippen LogP contribution in [0, 0.1) is 11.3 Å². The third kappa shape index (κ3) is 4.07. The van der Waals surface area contributed by atoms with Gasteiger partial charge < -0.3 is 14.9 Å². The van der Waals surface area contributed by atoms with Gasteiger partial charge >= 0.3 is 11.9 Å². The van der Waals surface area contributed by atoms with E-state index in [1.807, 2.05) is 6.07 Å². The Kier molecular flexibility index (Phi) is 5.69. The molecule has 1 atom stereocenters. The number of hydrogen-bond donors (Lipinski definition) is 2. The van der Waals surface area contributed by atoms with Crippen LogP contribution in [0.15, 0.2) is 18.2 Å². The number of nitrogens with zero attached hydrogens (tertiary/aromatic N) is 1. The molecule has 0 fully saturated rings. The highest BCUT2D eigenvalue weighted by Crippen LogP contribution is 2.21. The molecule has 0 saturated heterocycles. The molecule has 1 aromatic rings. The highest BCUT2D eigenvalue weighted by molar-refractivity contribution is 5.75. The fraction of sp³-hybridized carbons (Fsp3) is 0.357. The Bertz CT molecular complexity index is 547. The fourth-order valence-electron chi connectivity index (χ4n) is 1.75. The molecular formula is C14H15NO5. The number of nitriles is 1. The second-order valence-corrected chi connectivity index (χ2v) is 4.07. The van der Waals surface area contributed by atoms with Crippen molar-refractivity contribution in [2.45, 2.75) is 25.9 Å². The van der Waals surface area contributed by atoms with Crippen molar-refractivity contribution >= 4 is 11.9 Å². The fourth-order valence-corrected chi connectivity index (χ4v) is 1.75. The van der Waals surface area contributed by atoms with E-state index >= 15 is 0 Å². The van der Waals surface area contributed by atoms with Gasteiger partial charge in [-0.1, -0.05) is 6.07 Å². The molecular weight excluding hydrogens is 262 g/mol. The number of hydrogen-bond acceptors (Lipinski definition) is 5. The number of ether oxygens (including phenoxy) is 1. The third-order valence-corrected chi connectivity index (χ3v) is 2.71. The van der Waals surface area contributed by atoms with Crippen LogP contribution in [0.3, 0.4) is 0 Å². The van der Waals surface area contributed by atoms with Gasteiger partial charge in [-0.25, -0.2) is 4.79 Å². The van der Waals surface area contributed by atoms with Crippen molar-refractivity contribution in [3.63, 3.8) is 0 Å². The zero-order chi connectivity index (χ0) is 15.1. The molecule has 0 aliphatic heterocycles. The summed E-state index contributed by atoms with van der Waals surface area (Å²) in [4.78, 5) is 22.2. The van der Waals surface area contributed by atoms with Crippen LogP contribution in [0.25, 0.3) is 0 Å². The largest absolute Gasteiger partial charge is 0.479 e. The van der Waals surface area contributed by atoms with Gasteiger partial charge in [-0.15, -0.1) is 0 Å². The van der Waals surface area contributed by atoms with Crippen LogP contribution >= 0.6 is 0 Å². The Morgan fingerprint density at radius 2 is 2.15 bits per heavy atom. The number of benzene rings is 1. The van der Waals surface area contributed by atoms with Crippen LogP contribution in [0.2, 0.25) is 0 Å². The van der Waals surface area contributed by atoms with Crippen LogP contribution < -0.4 is 0 Å². The van der Waals surface area contributed by atoms with E-state index in [-0.39, 0.29) is 30.6 Å². The lowest BCUT2D eigenvalue weighted by atomic mass is 9.96. The topological polar surface area (TPSA) is 108 Å². The predicted octanol–water partition coefficient (Wildman–Crippen LogP) is 1.17. The highest BCUT2D eigenvalue weighted by atomic mass is 16.5. The molecule has 1 rings (SSSR count). The molecule has 0 aromatic heterocycles. The first-order valence-corrected chi connectivity index (χ1v) is 6.09. The molecule has 0 aliphatic carbocycles. The lowest BCUT2D eigenvalue weighted by Crippen LogP contribution is -2.14. The molecule has 0 amide bonds. The first-order chi connectivity index (χ1) is 9.49. The van der Waals surface area contributed by atoms with E-state index in [0.29, 0.717) is 5.56 Å². The molecule has 0 spiro atoms. The number of aryl methyl sites for hydroxylation is 1. The molecule has 6 nitrogen and oxygen atoms in total. The summed E-state index contributed by atoms with van der Waals surface area (Å²) in [7, 11) is 0. The molecule has 6 heteroatoms. The molecule has 0 heterocycles. The van der Waals surface area contributed by atoms with E-state index in [2.05, 4.69) is 0 Å². The number of rotatable bonds is 6. The van der Waals surface area contributed by atoms with Crippen molar-refractivity contribution in [2.24, 2.45) is 0 Å². The summed E-state index contributed by atoms with van der Waals surface area (Å²) in [6.07, 6.45) is -1.40. The summed E-state index contributed by atoms with van der Waals surface area (Å²) in [6.45, 7) is 1.97. The maximum atomic E-state index is 11.3. The van der Waals surface area contributed by atoms with Gasteiger partial charge in [0.2, 0.25) is 0 Å². The molecule has 0 radical (unpaired) electrons. The van der Waals surface area contributed by atoms with Crippen molar-refractivity contribution in [2.75, 3.05) is 6.61 Å². The minimum absolute atomic E-state index is 0.0824. The van der Waals surface area contributed by atoms with Crippen molar-refractivity contribution in [1.82, 2.24) is 0 Å². The summed E-state index contributed by atoms with van der Waals surface area (Å²) < 4.78 is 4.79. The van der Waals surface area contributed by atoms with Crippen molar-refractivity contribution in [3.05, 3.63) is 34.9 Å². The first kappa shape index (κ1) is 15.7. The van der Waals surface area contributed by atoms with Crippen LogP contribution in [-0.2, 0) is 20.7 Å². The SMILES string of the molecule is CCOC(=O)CCc1ccc(C#N)cc1C(O)C(=O)O. The average Bonchev–Trinajstić information content (AvgIpc) is 2.44.